The molecule has 0 aliphatic carbocycles. The van der Waals surface area contributed by atoms with Crippen molar-refractivity contribution in [2.45, 2.75) is 12.5 Å². The van der Waals surface area contributed by atoms with Gasteiger partial charge < -0.3 is 9.80 Å². The average Bonchev–Trinajstić information content (AvgIpc) is 2.81. The van der Waals surface area contributed by atoms with Gasteiger partial charge in [-0.25, -0.2) is 0 Å². The Labute approximate surface area is 130 Å². The van der Waals surface area contributed by atoms with E-state index in [9.17, 15) is 4.79 Å². The Balaban J connectivity index is 2.15. The van der Waals surface area contributed by atoms with Gasteiger partial charge in [-0.3, -0.25) is 4.79 Å². The van der Waals surface area contributed by atoms with Gasteiger partial charge >= 0.3 is 0 Å². The average molecular weight is 423 g/mol. The summed E-state index contributed by atoms with van der Waals surface area (Å²) in [5.74, 6) is 0.129. The first-order valence-corrected chi connectivity index (χ1v) is 7.77. The molecule has 1 aromatic rings. The van der Waals surface area contributed by atoms with Gasteiger partial charge in [0.15, 0.2) is 0 Å². The molecule has 18 heavy (non-hydrogen) atoms. The topological polar surface area (TPSA) is 23.6 Å². The van der Waals surface area contributed by atoms with Crippen molar-refractivity contribution >= 4 is 44.4 Å². The fourth-order valence-corrected chi connectivity index (χ4v) is 3.09. The van der Waals surface area contributed by atoms with Crippen LogP contribution in [0.4, 0.5) is 0 Å². The summed E-state index contributed by atoms with van der Waals surface area (Å²) in [6.45, 7) is 1.67. The summed E-state index contributed by atoms with van der Waals surface area (Å²) in [4.78, 5) is 16.6. The first-order chi connectivity index (χ1) is 8.49. The van der Waals surface area contributed by atoms with Crippen LogP contribution < -0.4 is 0 Å². The van der Waals surface area contributed by atoms with Crippen LogP contribution in [-0.4, -0.2) is 48.9 Å². The molecule has 1 saturated heterocycles. The van der Waals surface area contributed by atoms with Crippen molar-refractivity contribution in [2.75, 3.05) is 27.2 Å². The van der Waals surface area contributed by atoms with E-state index in [1.54, 1.807) is 0 Å². The molecule has 2 rings (SSSR count). The van der Waals surface area contributed by atoms with E-state index < -0.39 is 0 Å². The lowest BCUT2D eigenvalue weighted by Crippen LogP contribution is -2.34. The molecule has 1 aliphatic heterocycles. The van der Waals surface area contributed by atoms with Crippen molar-refractivity contribution in [1.29, 1.82) is 0 Å². The van der Waals surface area contributed by atoms with E-state index in [2.05, 4.69) is 57.5 Å². The molecule has 0 N–H and O–H groups in total. The highest BCUT2D eigenvalue weighted by molar-refractivity contribution is 14.1. The standard InChI is InChI=1S/C13H16BrIN2O/c1-16(2)10-5-6-17(8-10)13(18)11-7-9(15)3-4-12(11)14/h3-4,7,10H,5-6,8H2,1-2H3. The van der Waals surface area contributed by atoms with Crippen LogP contribution in [-0.2, 0) is 0 Å². The molecule has 1 unspecified atom stereocenters. The largest absolute Gasteiger partial charge is 0.337 e. The Bertz CT molecular complexity index is 464. The molecule has 1 fully saturated rings. The van der Waals surface area contributed by atoms with Crippen LogP contribution in [0.25, 0.3) is 0 Å². The molecule has 1 aliphatic rings. The maximum Gasteiger partial charge on any atom is 0.255 e. The highest BCUT2D eigenvalue weighted by Crippen LogP contribution is 2.23. The van der Waals surface area contributed by atoms with Gasteiger partial charge in [0, 0.05) is 27.2 Å². The molecule has 0 aromatic heterocycles. The van der Waals surface area contributed by atoms with E-state index in [0.29, 0.717) is 6.04 Å². The van der Waals surface area contributed by atoms with Crippen molar-refractivity contribution < 1.29 is 4.79 Å². The summed E-state index contributed by atoms with van der Waals surface area (Å²) in [5, 5.41) is 0. The minimum atomic E-state index is 0.129. The molecule has 3 nitrogen and oxygen atoms in total. The maximum absolute atomic E-state index is 12.5. The van der Waals surface area contributed by atoms with Crippen LogP contribution in [0.3, 0.4) is 0 Å². The zero-order valence-corrected chi connectivity index (χ0v) is 14.2. The fraction of sp³-hybridized carbons (Fsp3) is 0.462. The number of carbonyl (C=O) groups excluding carboxylic acids is 1. The van der Waals surface area contributed by atoms with Gasteiger partial charge in [-0.15, -0.1) is 0 Å². The molecule has 5 heteroatoms. The summed E-state index contributed by atoms with van der Waals surface area (Å²) in [5.41, 5.74) is 0.765. The number of hydrogen-bond donors (Lipinski definition) is 0. The normalized spacial score (nSPS) is 19.6. The molecule has 0 radical (unpaired) electrons. The number of benzene rings is 1. The second kappa shape index (κ2) is 5.88. The van der Waals surface area contributed by atoms with Crippen LogP contribution in [0, 0.1) is 3.57 Å². The van der Waals surface area contributed by atoms with E-state index in [0.717, 1.165) is 33.1 Å². The van der Waals surface area contributed by atoms with Crippen molar-refractivity contribution in [3.63, 3.8) is 0 Å². The summed E-state index contributed by atoms with van der Waals surface area (Å²) in [6, 6.07) is 6.36. The van der Waals surface area contributed by atoms with Gasteiger partial charge in [0.05, 0.1) is 5.56 Å². The maximum atomic E-state index is 12.5. The van der Waals surface area contributed by atoms with Gasteiger partial charge in [-0.1, -0.05) is 0 Å². The molecule has 1 aromatic carbocycles. The van der Waals surface area contributed by atoms with Gasteiger partial charge in [0.25, 0.3) is 5.91 Å². The molecule has 0 bridgehead atoms. The van der Waals surface area contributed by atoms with Crippen molar-refractivity contribution in [2.24, 2.45) is 0 Å². The minimum absolute atomic E-state index is 0.129. The zero-order chi connectivity index (χ0) is 13.3. The molecule has 1 amide bonds. The van der Waals surface area contributed by atoms with E-state index in [4.69, 9.17) is 0 Å². The quantitative estimate of drug-likeness (QED) is 0.684. The Morgan fingerprint density at radius 1 is 1.50 bits per heavy atom. The van der Waals surface area contributed by atoms with E-state index in [1.165, 1.54) is 0 Å². The Kier molecular flexibility index (Phi) is 4.66. The van der Waals surface area contributed by atoms with E-state index >= 15 is 0 Å². The Hall–Kier alpha value is -0.140. The molecule has 0 saturated carbocycles. The monoisotopic (exact) mass is 422 g/mol. The minimum Gasteiger partial charge on any atom is -0.337 e. The predicted molar refractivity (Wildman–Crippen MR) is 84.9 cm³/mol. The third-order valence-electron chi connectivity index (χ3n) is 3.34. The lowest BCUT2D eigenvalue weighted by atomic mass is 10.2. The van der Waals surface area contributed by atoms with Crippen LogP contribution >= 0.6 is 38.5 Å². The smallest absolute Gasteiger partial charge is 0.255 e. The third-order valence-corrected chi connectivity index (χ3v) is 4.70. The molecular formula is C13H16BrIN2O. The van der Waals surface area contributed by atoms with Crippen molar-refractivity contribution in [3.8, 4) is 0 Å². The number of amides is 1. The van der Waals surface area contributed by atoms with Crippen LogP contribution in [0.2, 0.25) is 0 Å². The molecule has 0 spiro atoms. The van der Waals surface area contributed by atoms with Gasteiger partial charge in [-0.05, 0) is 77.2 Å². The second-order valence-electron chi connectivity index (χ2n) is 4.78. The van der Waals surface area contributed by atoms with Crippen LogP contribution in [0.15, 0.2) is 22.7 Å². The van der Waals surface area contributed by atoms with Gasteiger partial charge in [-0.2, -0.15) is 0 Å². The lowest BCUT2D eigenvalue weighted by molar-refractivity contribution is 0.0782. The Morgan fingerprint density at radius 2 is 2.22 bits per heavy atom. The molecule has 1 atom stereocenters. The number of nitrogens with zero attached hydrogens (tertiary/aromatic N) is 2. The Morgan fingerprint density at radius 3 is 2.83 bits per heavy atom. The predicted octanol–water partition coefficient (Wildman–Crippen LogP) is 2.83. The third kappa shape index (κ3) is 3.05. The molecule has 1 heterocycles. The van der Waals surface area contributed by atoms with E-state index in [-0.39, 0.29) is 5.91 Å². The van der Waals surface area contributed by atoms with Crippen LogP contribution in [0.5, 0.6) is 0 Å². The summed E-state index contributed by atoms with van der Waals surface area (Å²) in [7, 11) is 4.14. The second-order valence-corrected chi connectivity index (χ2v) is 6.88. The number of halogens is 2. The summed E-state index contributed by atoms with van der Waals surface area (Å²) >= 11 is 5.69. The van der Waals surface area contributed by atoms with E-state index in [1.807, 2.05) is 23.1 Å². The number of likely N-dealkylation sites (N-methyl/N-ethyl adjacent to an activating group) is 1. The number of rotatable bonds is 2. The number of hydrogen-bond acceptors (Lipinski definition) is 2. The molecular weight excluding hydrogens is 407 g/mol. The molecule has 98 valence electrons. The highest BCUT2D eigenvalue weighted by atomic mass is 127. The van der Waals surface area contributed by atoms with Crippen LogP contribution in [0.1, 0.15) is 16.8 Å². The lowest BCUT2D eigenvalue weighted by Gasteiger charge is -2.21. The highest BCUT2D eigenvalue weighted by Gasteiger charge is 2.28. The van der Waals surface area contributed by atoms with Gasteiger partial charge in [0.1, 0.15) is 0 Å². The summed E-state index contributed by atoms with van der Waals surface area (Å²) < 4.78 is 1.96. The first-order valence-electron chi connectivity index (χ1n) is 5.90. The van der Waals surface area contributed by atoms with Crippen molar-refractivity contribution in [3.05, 3.63) is 31.8 Å². The van der Waals surface area contributed by atoms with Gasteiger partial charge in [0.2, 0.25) is 0 Å². The van der Waals surface area contributed by atoms with Crippen molar-refractivity contribution in [1.82, 2.24) is 9.80 Å². The number of carbonyl (C=O) groups is 1. The zero-order valence-electron chi connectivity index (χ0n) is 10.5. The fourth-order valence-electron chi connectivity index (χ4n) is 2.18. The first kappa shape index (κ1) is 14.3. The number of likely N-dealkylation sites (tertiary alicyclic amines) is 1. The SMILES string of the molecule is CN(C)C1CCN(C(=O)c2cc(I)ccc2Br)C1. The summed E-state index contributed by atoms with van der Waals surface area (Å²) in [6.07, 6.45) is 1.06.